The summed E-state index contributed by atoms with van der Waals surface area (Å²) in [6.45, 7) is 4.55. The molecule has 3 rings (SSSR count). The number of rotatable bonds is 4. The van der Waals surface area contributed by atoms with Crippen molar-refractivity contribution >= 4 is 45.6 Å². The van der Waals surface area contributed by atoms with E-state index in [-0.39, 0.29) is 17.0 Å². The summed E-state index contributed by atoms with van der Waals surface area (Å²) in [6.07, 6.45) is 3.99. The number of para-hydroxylation sites is 1. The van der Waals surface area contributed by atoms with E-state index in [1.54, 1.807) is 11.3 Å². The van der Waals surface area contributed by atoms with Gasteiger partial charge in [-0.25, -0.2) is 4.99 Å². The van der Waals surface area contributed by atoms with Gasteiger partial charge in [-0.15, -0.1) is 23.6 Å². The Kier molecular flexibility index (Phi) is 6.39. The van der Waals surface area contributed by atoms with Crippen LogP contribution < -0.4 is 4.80 Å². The molecule has 0 fully saturated rings. The van der Waals surface area contributed by atoms with Crippen LogP contribution >= 0.6 is 39.9 Å². The Morgan fingerprint density at radius 3 is 2.43 bits per heavy atom. The number of halogens is 2. The monoisotopic (exact) mass is 406 g/mol. The van der Waals surface area contributed by atoms with Gasteiger partial charge in [-0.05, 0) is 29.8 Å². The SMILES string of the molecule is Br.C=CCn1cc(-c2ccc(Cl)cc2)sc1=Nc1ccccc1. The topological polar surface area (TPSA) is 17.3 Å². The molecule has 0 saturated carbocycles. The molecule has 0 bridgehead atoms. The third-order valence-electron chi connectivity index (χ3n) is 3.16. The highest BCUT2D eigenvalue weighted by Crippen LogP contribution is 2.24. The van der Waals surface area contributed by atoms with E-state index in [1.165, 1.54) is 0 Å². The molecule has 1 heterocycles. The fraction of sp³-hybridized carbons (Fsp3) is 0.0556. The molecule has 0 unspecified atom stereocenters. The van der Waals surface area contributed by atoms with Gasteiger partial charge in [0, 0.05) is 17.8 Å². The molecule has 23 heavy (non-hydrogen) atoms. The molecule has 0 atom stereocenters. The van der Waals surface area contributed by atoms with Crippen LogP contribution in [0.1, 0.15) is 0 Å². The molecule has 3 aromatic rings. The molecule has 2 aromatic carbocycles. The van der Waals surface area contributed by atoms with Crippen molar-refractivity contribution in [1.29, 1.82) is 0 Å². The summed E-state index contributed by atoms with van der Waals surface area (Å²) < 4.78 is 2.11. The Hall–Kier alpha value is -1.62. The van der Waals surface area contributed by atoms with Crippen LogP contribution in [0.5, 0.6) is 0 Å². The number of benzene rings is 2. The molecule has 0 radical (unpaired) electrons. The Balaban J connectivity index is 0.00000192. The molecular formula is C18H16BrClN2S. The maximum absolute atomic E-state index is 5.96. The lowest BCUT2D eigenvalue weighted by molar-refractivity contribution is 0.792. The molecule has 0 spiro atoms. The number of nitrogens with zero attached hydrogens (tertiary/aromatic N) is 2. The van der Waals surface area contributed by atoms with Gasteiger partial charge < -0.3 is 4.57 Å². The van der Waals surface area contributed by atoms with Gasteiger partial charge in [-0.3, -0.25) is 0 Å². The summed E-state index contributed by atoms with van der Waals surface area (Å²) >= 11 is 7.62. The summed E-state index contributed by atoms with van der Waals surface area (Å²) in [5, 5.41) is 0.744. The highest BCUT2D eigenvalue weighted by atomic mass is 79.9. The van der Waals surface area contributed by atoms with Crippen LogP contribution in [-0.2, 0) is 6.54 Å². The van der Waals surface area contributed by atoms with Gasteiger partial charge in [-0.1, -0.05) is 59.3 Å². The van der Waals surface area contributed by atoms with Crippen LogP contribution in [0.15, 0.2) is 78.4 Å². The number of allylic oxidation sites excluding steroid dienone is 1. The van der Waals surface area contributed by atoms with Gasteiger partial charge in [-0.2, -0.15) is 0 Å². The molecule has 118 valence electrons. The predicted molar refractivity (Wildman–Crippen MR) is 105 cm³/mol. The minimum Gasteiger partial charge on any atom is -0.319 e. The zero-order valence-electron chi connectivity index (χ0n) is 12.4. The second kappa shape index (κ2) is 8.29. The fourth-order valence-corrected chi connectivity index (χ4v) is 3.25. The minimum atomic E-state index is 0. The van der Waals surface area contributed by atoms with E-state index < -0.39 is 0 Å². The summed E-state index contributed by atoms with van der Waals surface area (Å²) in [5.41, 5.74) is 2.09. The lowest BCUT2D eigenvalue weighted by Crippen LogP contribution is -2.12. The standard InChI is InChI=1S/C18H15ClN2S.BrH/c1-2-12-21-13-17(14-8-10-15(19)11-9-14)22-18(21)20-16-6-4-3-5-7-16;/h2-11,13H,1,12H2;1H. The van der Waals surface area contributed by atoms with Crippen molar-refractivity contribution in [3.05, 3.63) is 83.3 Å². The van der Waals surface area contributed by atoms with Gasteiger partial charge in [0.25, 0.3) is 0 Å². The van der Waals surface area contributed by atoms with Crippen molar-refractivity contribution < 1.29 is 0 Å². The second-order valence-corrected chi connectivity index (χ2v) is 6.22. The molecule has 0 aliphatic heterocycles. The third-order valence-corrected chi connectivity index (χ3v) is 4.48. The lowest BCUT2D eigenvalue weighted by Gasteiger charge is -1.97. The van der Waals surface area contributed by atoms with Crippen molar-refractivity contribution in [2.75, 3.05) is 0 Å². The number of hydrogen-bond acceptors (Lipinski definition) is 2. The molecule has 0 saturated heterocycles. The molecule has 2 nitrogen and oxygen atoms in total. The Morgan fingerprint density at radius 2 is 1.78 bits per heavy atom. The zero-order chi connectivity index (χ0) is 15.4. The largest absolute Gasteiger partial charge is 0.319 e. The first-order valence-corrected chi connectivity index (χ1v) is 8.12. The number of thiazole rings is 1. The summed E-state index contributed by atoms with van der Waals surface area (Å²) in [6, 6.07) is 17.8. The molecule has 5 heteroatoms. The predicted octanol–water partition coefficient (Wildman–Crippen LogP) is 5.87. The van der Waals surface area contributed by atoms with Gasteiger partial charge in [0.1, 0.15) is 0 Å². The molecule has 0 aliphatic rings. The molecule has 0 amide bonds. The van der Waals surface area contributed by atoms with Crippen molar-refractivity contribution in [3.63, 3.8) is 0 Å². The number of hydrogen-bond donors (Lipinski definition) is 0. The minimum absolute atomic E-state index is 0. The van der Waals surface area contributed by atoms with Gasteiger partial charge in [0.15, 0.2) is 4.80 Å². The van der Waals surface area contributed by atoms with Crippen LogP contribution in [0.3, 0.4) is 0 Å². The van der Waals surface area contributed by atoms with Gasteiger partial charge in [0.2, 0.25) is 0 Å². The molecule has 0 N–H and O–H groups in total. The summed E-state index contributed by atoms with van der Waals surface area (Å²) in [5.74, 6) is 0. The average Bonchev–Trinajstić information content (AvgIpc) is 2.92. The Bertz CT molecular complexity index is 835. The first-order valence-electron chi connectivity index (χ1n) is 6.93. The number of aromatic nitrogens is 1. The highest BCUT2D eigenvalue weighted by Gasteiger charge is 2.05. The van der Waals surface area contributed by atoms with Crippen LogP contribution in [0, 0.1) is 0 Å². The molecule has 1 aromatic heterocycles. The fourth-order valence-electron chi connectivity index (χ4n) is 2.10. The normalized spacial score (nSPS) is 11.1. The summed E-state index contributed by atoms with van der Waals surface area (Å²) in [4.78, 5) is 6.85. The van der Waals surface area contributed by atoms with Crippen molar-refractivity contribution in [1.82, 2.24) is 4.57 Å². The third kappa shape index (κ3) is 4.44. The van der Waals surface area contributed by atoms with E-state index in [0.29, 0.717) is 0 Å². The van der Waals surface area contributed by atoms with E-state index >= 15 is 0 Å². The molecular weight excluding hydrogens is 392 g/mol. The molecule has 0 aliphatic carbocycles. The van der Waals surface area contributed by atoms with Crippen molar-refractivity contribution in [2.45, 2.75) is 6.54 Å². The van der Waals surface area contributed by atoms with E-state index in [0.717, 1.165) is 32.5 Å². The van der Waals surface area contributed by atoms with E-state index in [2.05, 4.69) is 17.3 Å². The first kappa shape index (κ1) is 17.7. The summed E-state index contributed by atoms with van der Waals surface area (Å²) in [7, 11) is 0. The Labute approximate surface area is 155 Å². The van der Waals surface area contributed by atoms with Crippen molar-refractivity contribution in [3.8, 4) is 10.4 Å². The Morgan fingerprint density at radius 1 is 1.09 bits per heavy atom. The van der Waals surface area contributed by atoms with Crippen LogP contribution in [-0.4, -0.2) is 4.57 Å². The average molecular weight is 408 g/mol. The van der Waals surface area contributed by atoms with Gasteiger partial charge >= 0.3 is 0 Å². The quantitative estimate of drug-likeness (QED) is 0.481. The van der Waals surface area contributed by atoms with Gasteiger partial charge in [0.05, 0.1) is 10.6 Å². The smallest absolute Gasteiger partial charge is 0.190 e. The van der Waals surface area contributed by atoms with E-state index in [9.17, 15) is 0 Å². The van der Waals surface area contributed by atoms with Crippen molar-refractivity contribution in [2.24, 2.45) is 4.99 Å². The van der Waals surface area contributed by atoms with E-state index in [1.807, 2.05) is 60.7 Å². The van der Waals surface area contributed by atoms with Crippen LogP contribution in [0.2, 0.25) is 5.02 Å². The second-order valence-electron chi connectivity index (χ2n) is 4.77. The first-order chi connectivity index (χ1) is 10.8. The van der Waals surface area contributed by atoms with Crippen LogP contribution in [0.4, 0.5) is 5.69 Å². The lowest BCUT2D eigenvalue weighted by atomic mass is 10.2. The zero-order valence-corrected chi connectivity index (χ0v) is 15.6. The maximum Gasteiger partial charge on any atom is 0.190 e. The maximum atomic E-state index is 5.96. The van der Waals surface area contributed by atoms with Crippen LogP contribution in [0.25, 0.3) is 10.4 Å². The van der Waals surface area contributed by atoms with E-state index in [4.69, 9.17) is 16.6 Å². The highest BCUT2D eigenvalue weighted by molar-refractivity contribution is 8.93.